The smallest absolute Gasteiger partial charge is 0.123 e. The minimum atomic E-state index is 0.146. The van der Waals surface area contributed by atoms with Gasteiger partial charge in [0.15, 0.2) is 0 Å². The van der Waals surface area contributed by atoms with Gasteiger partial charge in [-0.2, -0.15) is 0 Å². The van der Waals surface area contributed by atoms with Gasteiger partial charge in [-0.05, 0) is 17.5 Å². The Kier molecular flexibility index (Phi) is 3.53. The number of hydrogen-bond donors (Lipinski definition) is 0. The average molecular weight is 297 g/mol. The quantitative estimate of drug-likeness (QED) is 0.725. The minimum Gasteiger partial charge on any atom is -0.492 e. The Bertz CT molecular complexity index is 411. The molecule has 2 rings (SSSR count). The third-order valence-corrected chi connectivity index (χ3v) is 5.21. The summed E-state index contributed by atoms with van der Waals surface area (Å²) < 4.78 is 5.72. The molecule has 17 heavy (non-hydrogen) atoms. The normalized spacial score (nSPS) is 20.5. The van der Waals surface area contributed by atoms with Crippen LogP contribution in [0.4, 0.5) is 0 Å². The molecule has 0 saturated carbocycles. The predicted octanol–water partition coefficient (Wildman–Crippen LogP) is 4.84. The number of ether oxygens (including phenoxy) is 1. The van der Waals surface area contributed by atoms with Gasteiger partial charge in [0, 0.05) is 15.8 Å². The van der Waals surface area contributed by atoms with Crippen LogP contribution in [0.15, 0.2) is 18.2 Å². The van der Waals surface area contributed by atoms with Crippen LogP contribution in [-0.4, -0.2) is 6.61 Å². The monoisotopic (exact) mass is 296 g/mol. The highest BCUT2D eigenvalue weighted by Gasteiger charge is 2.32. The fraction of sp³-hybridized carbons (Fsp3) is 0.600. The van der Waals surface area contributed by atoms with Gasteiger partial charge in [0.2, 0.25) is 0 Å². The van der Waals surface area contributed by atoms with Crippen LogP contribution in [0.25, 0.3) is 0 Å². The van der Waals surface area contributed by atoms with Crippen LogP contribution in [-0.2, 0) is 5.41 Å². The maximum Gasteiger partial charge on any atom is 0.123 e. The highest BCUT2D eigenvalue weighted by molar-refractivity contribution is 9.09. The van der Waals surface area contributed by atoms with Crippen molar-refractivity contribution in [3.8, 4) is 5.75 Å². The summed E-state index contributed by atoms with van der Waals surface area (Å²) in [6.07, 6.45) is 1.19. The fourth-order valence-electron chi connectivity index (χ4n) is 2.25. The average Bonchev–Trinajstić information content (AvgIpc) is 2.63. The highest BCUT2D eigenvalue weighted by atomic mass is 79.9. The van der Waals surface area contributed by atoms with Gasteiger partial charge in [0.25, 0.3) is 0 Å². The van der Waals surface area contributed by atoms with Crippen LogP contribution in [0.2, 0.25) is 0 Å². The van der Waals surface area contributed by atoms with E-state index in [1.54, 1.807) is 0 Å². The summed E-state index contributed by atoms with van der Waals surface area (Å²) in [6, 6.07) is 6.62. The molecule has 1 heterocycles. The molecule has 94 valence electrons. The van der Waals surface area contributed by atoms with Crippen molar-refractivity contribution in [2.24, 2.45) is 5.92 Å². The van der Waals surface area contributed by atoms with Gasteiger partial charge in [0.05, 0.1) is 6.61 Å². The third kappa shape index (κ3) is 2.37. The molecule has 1 aliphatic rings. The zero-order chi connectivity index (χ0) is 12.6. The third-order valence-electron chi connectivity index (χ3n) is 3.78. The Morgan fingerprint density at radius 3 is 2.76 bits per heavy atom. The van der Waals surface area contributed by atoms with Crippen molar-refractivity contribution in [1.29, 1.82) is 0 Å². The van der Waals surface area contributed by atoms with Crippen LogP contribution in [0.1, 0.15) is 50.1 Å². The maximum atomic E-state index is 5.72. The van der Waals surface area contributed by atoms with Crippen LogP contribution in [0.5, 0.6) is 5.75 Å². The summed E-state index contributed by atoms with van der Waals surface area (Å²) in [6.45, 7) is 9.81. The van der Waals surface area contributed by atoms with E-state index in [0.717, 1.165) is 12.4 Å². The van der Waals surface area contributed by atoms with Crippen molar-refractivity contribution in [2.75, 3.05) is 6.61 Å². The molecule has 0 N–H and O–H groups in total. The molecule has 1 aliphatic heterocycles. The lowest BCUT2D eigenvalue weighted by atomic mass is 9.85. The van der Waals surface area contributed by atoms with Gasteiger partial charge in [-0.25, -0.2) is 0 Å². The van der Waals surface area contributed by atoms with Crippen molar-refractivity contribution in [3.05, 3.63) is 29.3 Å². The van der Waals surface area contributed by atoms with Crippen molar-refractivity contribution in [2.45, 2.75) is 44.4 Å². The van der Waals surface area contributed by atoms with Gasteiger partial charge in [-0.15, -0.1) is 0 Å². The molecule has 0 spiro atoms. The van der Waals surface area contributed by atoms with Crippen LogP contribution >= 0.6 is 15.9 Å². The number of alkyl halides is 1. The van der Waals surface area contributed by atoms with E-state index in [4.69, 9.17) is 4.74 Å². The second-order valence-electron chi connectivity index (χ2n) is 5.72. The lowest BCUT2D eigenvalue weighted by Crippen LogP contribution is -2.18. The lowest BCUT2D eigenvalue weighted by molar-refractivity contribution is 0.291. The topological polar surface area (TPSA) is 9.23 Å². The Balaban J connectivity index is 2.34. The minimum absolute atomic E-state index is 0.146. The molecule has 0 aromatic heterocycles. The number of hydrogen-bond acceptors (Lipinski definition) is 1. The SMILES string of the molecule is CCC(C)C(Br)c1ccc2c(c1)C(C)(C)CO2. The Morgan fingerprint density at radius 1 is 1.41 bits per heavy atom. The zero-order valence-electron chi connectivity index (χ0n) is 11.1. The highest BCUT2D eigenvalue weighted by Crippen LogP contribution is 2.42. The molecule has 2 unspecified atom stereocenters. The fourth-order valence-corrected chi connectivity index (χ4v) is 2.90. The van der Waals surface area contributed by atoms with Gasteiger partial charge >= 0.3 is 0 Å². The number of halogens is 1. The molecular weight excluding hydrogens is 276 g/mol. The molecule has 2 heteroatoms. The first kappa shape index (κ1) is 12.9. The molecule has 0 amide bonds. The summed E-state index contributed by atoms with van der Waals surface area (Å²) in [5.41, 5.74) is 2.87. The van der Waals surface area contributed by atoms with Gasteiger partial charge < -0.3 is 4.74 Å². The number of rotatable bonds is 3. The molecule has 0 bridgehead atoms. The van der Waals surface area contributed by atoms with Crippen molar-refractivity contribution in [3.63, 3.8) is 0 Å². The van der Waals surface area contributed by atoms with Crippen LogP contribution in [0.3, 0.4) is 0 Å². The summed E-state index contributed by atoms with van der Waals surface area (Å²) in [5.74, 6) is 1.71. The first-order valence-electron chi connectivity index (χ1n) is 6.37. The Hall–Kier alpha value is -0.500. The summed E-state index contributed by atoms with van der Waals surface area (Å²) >= 11 is 3.82. The van der Waals surface area contributed by atoms with E-state index < -0.39 is 0 Å². The first-order chi connectivity index (χ1) is 7.95. The molecule has 0 radical (unpaired) electrons. The van der Waals surface area contributed by atoms with E-state index in [2.05, 4.69) is 61.8 Å². The molecule has 2 atom stereocenters. The van der Waals surface area contributed by atoms with Crippen LogP contribution < -0.4 is 4.74 Å². The molecule has 1 aromatic rings. The van der Waals surface area contributed by atoms with E-state index in [0.29, 0.717) is 10.7 Å². The summed E-state index contributed by atoms with van der Waals surface area (Å²) in [5, 5.41) is 0. The second kappa shape index (κ2) is 4.64. The Morgan fingerprint density at radius 2 is 2.12 bits per heavy atom. The lowest BCUT2D eigenvalue weighted by Gasteiger charge is -2.20. The maximum absolute atomic E-state index is 5.72. The number of fused-ring (bicyclic) bond motifs is 1. The van der Waals surface area contributed by atoms with E-state index in [9.17, 15) is 0 Å². The van der Waals surface area contributed by atoms with Gasteiger partial charge in [-0.3, -0.25) is 0 Å². The molecular formula is C15H21BrO. The standard InChI is InChI=1S/C15H21BrO/c1-5-10(2)14(16)11-6-7-13-12(8-11)15(3,4)9-17-13/h6-8,10,14H,5,9H2,1-4H3. The zero-order valence-corrected chi connectivity index (χ0v) is 12.7. The molecule has 1 aromatic carbocycles. The Labute approximate surface area is 113 Å². The largest absolute Gasteiger partial charge is 0.492 e. The van der Waals surface area contributed by atoms with E-state index in [1.165, 1.54) is 17.5 Å². The van der Waals surface area contributed by atoms with Gasteiger partial charge in [-0.1, -0.05) is 62.2 Å². The molecule has 0 saturated heterocycles. The molecule has 1 nitrogen and oxygen atoms in total. The number of benzene rings is 1. The summed E-state index contributed by atoms with van der Waals surface area (Å²) in [7, 11) is 0. The van der Waals surface area contributed by atoms with E-state index in [1.807, 2.05) is 0 Å². The first-order valence-corrected chi connectivity index (χ1v) is 7.28. The van der Waals surface area contributed by atoms with E-state index >= 15 is 0 Å². The summed E-state index contributed by atoms with van der Waals surface area (Å²) in [4.78, 5) is 0.439. The predicted molar refractivity (Wildman–Crippen MR) is 76.1 cm³/mol. The van der Waals surface area contributed by atoms with Crippen molar-refractivity contribution in [1.82, 2.24) is 0 Å². The van der Waals surface area contributed by atoms with Crippen molar-refractivity contribution < 1.29 is 4.74 Å². The van der Waals surface area contributed by atoms with E-state index in [-0.39, 0.29) is 5.41 Å². The molecule has 0 fully saturated rings. The van der Waals surface area contributed by atoms with Crippen molar-refractivity contribution >= 4 is 15.9 Å². The van der Waals surface area contributed by atoms with Gasteiger partial charge in [0.1, 0.15) is 5.75 Å². The van der Waals surface area contributed by atoms with Crippen LogP contribution in [0, 0.1) is 5.92 Å². The molecule has 0 aliphatic carbocycles. The second-order valence-corrected chi connectivity index (χ2v) is 6.70.